The number of carbonyl (C=O) groups is 5. The summed E-state index contributed by atoms with van der Waals surface area (Å²) in [6, 6.07) is -0.354. The average molecular weight is 461 g/mol. The number of anilines is 1. The first-order chi connectivity index (χ1) is 15.2. The molecule has 0 aliphatic heterocycles. The van der Waals surface area contributed by atoms with E-state index < -0.39 is 86.7 Å². The number of Topliss-reactive ketones (excluding diaryl/α,β-unsaturated/α-hetero) is 4. The van der Waals surface area contributed by atoms with Gasteiger partial charge in [-0.15, -0.1) is 0 Å². The van der Waals surface area contributed by atoms with Crippen LogP contribution in [-0.4, -0.2) is 69.9 Å². The van der Waals surface area contributed by atoms with Crippen molar-refractivity contribution in [2.24, 2.45) is 28.9 Å². The molecule has 3 aliphatic rings. The molecule has 0 saturated heterocycles. The van der Waals surface area contributed by atoms with E-state index in [0.29, 0.717) is 0 Å². The zero-order valence-electron chi connectivity index (χ0n) is 18.2. The molecule has 176 valence electrons. The number of amides is 1. The molecule has 2 unspecified atom stereocenters. The Morgan fingerprint density at radius 2 is 1.82 bits per heavy atom. The highest BCUT2D eigenvalue weighted by molar-refractivity contribution is 6.32. The number of phenolic OH excluding ortho intramolecular Hbond substituents is 1. The lowest BCUT2D eigenvalue weighted by atomic mass is 9.47. The van der Waals surface area contributed by atoms with Gasteiger partial charge in [-0.2, -0.15) is 0 Å². The van der Waals surface area contributed by atoms with Gasteiger partial charge in [0.2, 0.25) is 5.91 Å². The fraction of sp³-hybridized carbons (Fsp3) is 0.500. The molecule has 2 saturated carbocycles. The average Bonchev–Trinajstić information content (AvgIpc) is 2.68. The number of fused-ring (bicyclic) bond motifs is 3. The van der Waals surface area contributed by atoms with Crippen molar-refractivity contribution < 1.29 is 38.6 Å². The number of benzene rings is 1. The van der Waals surface area contributed by atoms with Crippen molar-refractivity contribution in [3.8, 4) is 5.75 Å². The van der Waals surface area contributed by atoms with Crippen molar-refractivity contribution in [1.82, 2.24) is 4.90 Å². The van der Waals surface area contributed by atoms with Crippen LogP contribution in [0.3, 0.4) is 0 Å². The SMILES string of the molecule is CN(C)[C@@H]1C(=O)C(C(N)=O)C(=O)[C@@]2(O)C(=O)C3C(=O)c4c(O)c(N)cc(F)c4C[C@@]3(C)C[C@@H]12. The quantitative estimate of drug-likeness (QED) is 0.243. The van der Waals surface area contributed by atoms with E-state index in [0.717, 1.165) is 6.07 Å². The monoisotopic (exact) mass is 461 g/mol. The minimum Gasteiger partial charge on any atom is -0.505 e. The van der Waals surface area contributed by atoms with Gasteiger partial charge in [-0.05, 0) is 32.4 Å². The summed E-state index contributed by atoms with van der Waals surface area (Å²) >= 11 is 0. The lowest BCUT2D eigenvalue weighted by Gasteiger charge is -2.56. The van der Waals surface area contributed by atoms with E-state index in [-0.39, 0.29) is 18.4 Å². The molecule has 0 spiro atoms. The molecule has 1 amide bonds. The van der Waals surface area contributed by atoms with E-state index in [9.17, 15) is 38.6 Å². The number of aliphatic hydroxyl groups is 1. The second kappa shape index (κ2) is 6.91. The van der Waals surface area contributed by atoms with Gasteiger partial charge in [-0.25, -0.2) is 4.39 Å². The Morgan fingerprint density at radius 3 is 2.36 bits per heavy atom. The van der Waals surface area contributed by atoms with Gasteiger partial charge in [0, 0.05) is 17.5 Å². The summed E-state index contributed by atoms with van der Waals surface area (Å²) in [6.07, 6.45) is -0.361. The number of phenols is 1. The van der Waals surface area contributed by atoms with E-state index in [1.807, 2.05) is 0 Å². The van der Waals surface area contributed by atoms with Gasteiger partial charge < -0.3 is 21.7 Å². The third kappa shape index (κ3) is 2.75. The van der Waals surface area contributed by atoms with Gasteiger partial charge in [-0.3, -0.25) is 28.9 Å². The fourth-order valence-electron chi connectivity index (χ4n) is 6.03. The molecular weight excluding hydrogens is 437 g/mol. The second-order valence-electron chi connectivity index (χ2n) is 9.73. The second-order valence-corrected chi connectivity index (χ2v) is 9.73. The maximum Gasteiger partial charge on any atom is 0.235 e. The highest BCUT2D eigenvalue weighted by Crippen LogP contribution is 2.56. The molecule has 0 heterocycles. The minimum absolute atomic E-state index is 0.131. The van der Waals surface area contributed by atoms with Crippen molar-refractivity contribution in [3.05, 3.63) is 23.0 Å². The number of nitrogens with zero attached hydrogens (tertiary/aromatic N) is 1. The Balaban J connectivity index is 1.95. The topological polar surface area (TPSA) is 181 Å². The molecule has 10 nitrogen and oxygen atoms in total. The van der Waals surface area contributed by atoms with Crippen molar-refractivity contribution >= 4 is 34.7 Å². The zero-order valence-corrected chi connectivity index (χ0v) is 18.2. The Hall–Kier alpha value is -3.18. The van der Waals surface area contributed by atoms with Gasteiger partial charge in [0.1, 0.15) is 11.6 Å². The lowest BCUT2D eigenvalue weighted by molar-refractivity contribution is -0.185. The Bertz CT molecular complexity index is 1170. The lowest BCUT2D eigenvalue weighted by Crippen LogP contribution is -2.75. The van der Waals surface area contributed by atoms with Crippen molar-refractivity contribution in [1.29, 1.82) is 0 Å². The zero-order chi connectivity index (χ0) is 24.8. The molecule has 6 N–H and O–H groups in total. The number of nitrogen functional groups attached to an aromatic ring is 1. The van der Waals surface area contributed by atoms with Crippen LogP contribution in [0.2, 0.25) is 0 Å². The summed E-state index contributed by atoms with van der Waals surface area (Å²) in [5.74, 6) is -12.2. The van der Waals surface area contributed by atoms with Crippen LogP contribution in [0.1, 0.15) is 29.3 Å². The van der Waals surface area contributed by atoms with Crippen LogP contribution < -0.4 is 11.5 Å². The summed E-state index contributed by atoms with van der Waals surface area (Å²) in [7, 11) is 2.97. The van der Waals surface area contributed by atoms with Crippen molar-refractivity contribution in [2.75, 3.05) is 19.8 Å². The highest BCUT2D eigenvalue weighted by Gasteiger charge is 2.71. The summed E-state index contributed by atoms with van der Waals surface area (Å²) in [4.78, 5) is 66.6. The Labute approximate surface area is 187 Å². The first-order valence-corrected chi connectivity index (χ1v) is 10.3. The predicted molar refractivity (Wildman–Crippen MR) is 110 cm³/mol. The van der Waals surface area contributed by atoms with E-state index in [1.54, 1.807) is 0 Å². The van der Waals surface area contributed by atoms with Crippen LogP contribution in [-0.2, 0) is 25.6 Å². The third-order valence-corrected chi connectivity index (χ3v) is 7.47. The molecule has 4 rings (SSSR count). The Kier molecular flexibility index (Phi) is 4.81. The molecule has 1 aromatic rings. The maximum absolute atomic E-state index is 14.7. The van der Waals surface area contributed by atoms with Gasteiger partial charge >= 0.3 is 0 Å². The number of carbonyl (C=O) groups excluding carboxylic acids is 5. The molecule has 33 heavy (non-hydrogen) atoms. The smallest absolute Gasteiger partial charge is 0.235 e. The molecule has 0 bridgehead atoms. The molecule has 1 aromatic carbocycles. The number of nitrogens with two attached hydrogens (primary N) is 2. The van der Waals surface area contributed by atoms with Crippen LogP contribution in [0.15, 0.2) is 6.07 Å². The Morgan fingerprint density at radius 1 is 1.21 bits per heavy atom. The molecule has 0 aromatic heterocycles. The van der Waals surface area contributed by atoms with Gasteiger partial charge in [-0.1, -0.05) is 6.92 Å². The summed E-state index contributed by atoms with van der Waals surface area (Å²) in [6.45, 7) is 1.53. The standard InChI is InChI=1S/C22H24FN3O7/c1-21-5-7-9(23)4-10(24)15(27)11(7)16(28)13(21)19(31)22(33)8(6-21)14(26(2)3)17(29)12(18(22)30)20(25)32/h4,8,12-14,27,33H,5-6,24H2,1-3H3,(H2,25,32)/t8-,12?,13?,14-,21-,22+/m0/s1. The largest absolute Gasteiger partial charge is 0.505 e. The third-order valence-electron chi connectivity index (χ3n) is 7.47. The molecule has 11 heteroatoms. The molecule has 6 atom stereocenters. The normalized spacial score (nSPS) is 35.8. The molecule has 2 fully saturated rings. The molecule has 3 aliphatic carbocycles. The number of hydrogen-bond acceptors (Lipinski definition) is 9. The van der Waals surface area contributed by atoms with Gasteiger partial charge in [0.05, 0.1) is 23.2 Å². The van der Waals surface area contributed by atoms with Gasteiger partial charge in [0.25, 0.3) is 0 Å². The number of halogens is 1. The summed E-state index contributed by atoms with van der Waals surface area (Å²) in [5.41, 5.74) is 5.73. The molecular formula is C22H24FN3O7. The number of aromatic hydroxyl groups is 1. The van der Waals surface area contributed by atoms with Crippen LogP contribution in [0.4, 0.5) is 10.1 Å². The van der Waals surface area contributed by atoms with Crippen LogP contribution >= 0.6 is 0 Å². The number of hydrogen-bond donors (Lipinski definition) is 4. The number of primary amides is 1. The first-order valence-electron chi connectivity index (χ1n) is 10.3. The highest BCUT2D eigenvalue weighted by atomic mass is 19.1. The minimum atomic E-state index is -2.84. The predicted octanol–water partition coefficient (Wildman–Crippen LogP) is -1.02. The number of ketones is 4. The summed E-state index contributed by atoms with van der Waals surface area (Å²) < 4.78 is 14.7. The van der Waals surface area contributed by atoms with E-state index in [4.69, 9.17) is 11.5 Å². The van der Waals surface area contributed by atoms with E-state index in [2.05, 4.69) is 0 Å². The van der Waals surface area contributed by atoms with Gasteiger partial charge in [0.15, 0.2) is 34.7 Å². The van der Waals surface area contributed by atoms with Crippen LogP contribution in [0, 0.1) is 29.0 Å². The van der Waals surface area contributed by atoms with Crippen molar-refractivity contribution in [2.45, 2.75) is 31.4 Å². The van der Waals surface area contributed by atoms with Crippen molar-refractivity contribution in [3.63, 3.8) is 0 Å². The maximum atomic E-state index is 14.7. The number of likely N-dealkylation sites (N-methyl/N-ethyl adjacent to an activating group) is 1. The first kappa shape index (κ1) is 23.0. The van der Waals surface area contributed by atoms with E-state index >= 15 is 0 Å². The fourth-order valence-corrected chi connectivity index (χ4v) is 6.03. The molecule has 0 radical (unpaired) electrons. The summed E-state index contributed by atoms with van der Waals surface area (Å²) in [5, 5.41) is 21.8. The van der Waals surface area contributed by atoms with Crippen LogP contribution in [0.5, 0.6) is 5.75 Å². The van der Waals surface area contributed by atoms with E-state index in [1.165, 1.54) is 25.9 Å². The van der Waals surface area contributed by atoms with Crippen LogP contribution in [0.25, 0.3) is 0 Å². The number of rotatable bonds is 2.